The summed E-state index contributed by atoms with van der Waals surface area (Å²) in [4.78, 5) is 42.1. The molecule has 35 heavy (non-hydrogen) atoms. The molecular formula is C28H47N3O4. The van der Waals surface area contributed by atoms with E-state index in [-0.39, 0.29) is 17.7 Å². The van der Waals surface area contributed by atoms with Crippen LogP contribution in [0, 0.1) is 19.8 Å². The number of hydrogen-bond donors (Lipinski definition) is 2. The molecule has 3 atom stereocenters. The van der Waals surface area contributed by atoms with Gasteiger partial charge in [-0.1, -0.05) is 45.4 Å². The van der Waals surface area contributed by atoms with E-state index in [2.05, 4.69) is 10.6 Å². The summed E-state index contributed by atoms with van der Waals surface area (Å²) in [5.74, 6) is -0.681. The minimum absolute atomic E-state index is 0.154. The Bertz CT molecular complexity index is 863. The van der Waals surface area contributed by atoms with Gasteiger partial charge in [-0.3, -0.25) is 9.59 Å². The van der Waals surface area contributed by atoms with E-state index in [0.717, 1.165) is 16.7 Å². The van der Waals surface area contributed by atoms with Gasteiger partial charge in [0.25, 0.3) is 0 Å². The average molecular weight is 490 g/mol. The molecule has 7 heteroatoms. The number of nitrogens with one attached hydrogen (secondary N) is 2. The second-order valence-electron chi connectivity index (χ2n) is 11.5. The van der Waals surface area contributed by atoms with Crippen molar-refractivity contribution < 1.29 is 19.1 Å². The number of nitrogens with zero attached hydrogens (tertiary/aromatic N) is 1. The highest BCUT2D eigenvalue weighted by Crippen LogP contribution is 2.30. The van der Waals surface area contributed by atoms with Gasteiger partial charge in [0.15, 0.2) is 0 Å². The first kappa shape index (κ1) is 30.5. The van der Waals surface area contributed by atoms with Crippen LogP contribution in [-0.4, -0.2) is 46.5 Å². The zero-order valence-electron chi connectivity index (χ0n) is 23.7. The summed E-state index contributed by atoms with van der Waals surface area (Å²) in [6, 6.07) is 4.22. The fourth-order valence-electron chi connectivity index (χ4n) is 4.03. The number of hydrogen-bond acceptors (Lipinski definition) is 4. The molecule has 0 heterocycles. The predicted molar refractivity (Wildman–Crippen MR) is 141 cm³/mol. The van der Waals surface area contributed by atoms with Crippen LogP contribution < -0.4 is 10.6 Å². The highest BCUT2D eigenvalue weighted by molar-refractivity contribution is 5.93. The number of benzene rings is 1. The lowest BCUT2D eigenvalue weighted by Gasteiger charge is -2.38. The summed E-state index contributed by atoms with van der Waals surface area (Å²) in [6.07, 6.45) is 0.694. The summed E-state index contributed by atoms with van der Waals surface area (Å²) in [5, 5.41) is 5.88. The molecule has 0 aliphatic heterocycles. The minimum atomic E-state index is -0.824. The van der Waals surface area contributed by atoms with Gasteiger partial charge in [0.05, 0.1) is 0 Å². The molecule has 0 bridgehead atoms. The highest BCUT2D eigenvalue weighted by Gasteiger charge is 2.39. The van der Waals surface area contributed by atoms with Crippen molar-refractivity contribution in [3.05, 3.63) is 34.9 Å². The predicted octanol–water partition coefficient (Wildman–Crippen LogP) is 5.44. The number of carbonyl (C=O) groups excluding carboxylic acids is 3. The molecular weight excluding hydrogens is 442 g/mol. The molecule has 0 saturated heterocycles. The molecule has 0 aliphatic carbocycles. The van der Waals surface area contributed by atoms with Crippen molar-refractivity contribution in [2.75, 3.05) is 6.54 Å². The molecule has 198 valence electrons. The van der Waals surface area contributed by atoms with Gasteiger partial charge >= 0.3 is 6.09 Å². The molecule has 0 fully saturated rings. The zero-order valence-corrected chi connectivity index (χ0v) is 23.7. The first-order valence-corrected chi connectivity index (χ1v) is 12.7. The Morgan fingerprint density at radius 1 is 1.00 bits per heavy atom. The lowest BCUT2D eigenvalue weighted by molar-refractivity contribution is -0.144. The van der Waals surface area contributed by atoms with E-state index < -0.39 is 29.3 Å². The van der Waals surface area contributed by atoms with Crippen molar-refractivity contribution >= 4 is 17.9 Å². The highest BCUT2D eigenvalue weighted by atomic mass is 16.6. The van der Waals surface area contributed by atoms with Crippen LogP contribution in [0.2, 0.25) is 0 Å². The Morgan fingerprint density at radius 3 is 1.97 bits per heavy atom. The second-order valence-corrected chi connectivity index (χ2v) is 11.5. The van der Waals surface area contributed by atoms with E-state index in [1.54, 1.807) is 25.7 Å². The molecule has 0 aliphatic rings. The molecule has 7 nitrogen and oxygen atoms in total. The van der Waals surface area contributed by atoms with Crippen LogP contribution in [0.25, 0.3) is 0 Å². The summed E-state index contributed by atoms with van der Waals surface area (Å²) in [5.41, 5.74) is 1.53. The van der Waals surface area contributed by atoms with E-state index in [0.29, 0.717) is 19.4 Å². The van der Waals surface area contributed by atoms with E-state index >= 15 is 0 Å². The molecule has 3 unspecified atom stereocenters. The number of amides is 3. The smallest absolute Gasteiger partial charge is 0.408 e. The lowest BCUT2D eigenvalue weighted by atomic mass is 9.91. The van der Waals surface area contributed by atoms with Gasteiger partial charge in [-0.2, -0.15) is 0 Å². The molecule has 2 N–H and O–H groups in total. The lowest BCUT2D eigenvalue weighted by Crippen LogP contribution is -2.56. The van der Waals surface area contributed by atoms with Gasteiger partial charge in [-0.25, -0.2) is 4.79 Å². The largest absolute Gasteiger partial charge is 0.444 e. The maximum Gasteiger partial charge on any atom is 0.408 e. The molecule has 0 saturated carbocycles. The van der Waals surface area contributed by atoms with Gasteiger partial charge in [0.2, 0.25) is 11.8 Å². The summed E-state index contributed by atoms with van der Waals surface area (Å²) in [6.45, 7) is 21.3. The maximum atomic E-state index is 14.1. The van der Waals surface area contributed by atoms with Crippen LogP contribution in [-0.2, 0) is 14.3 Å². The topological polar surface area (TPSA) is 87.7 Å². The second kappa shape index (κ2) is 12.4. The third kappa shape index (κ3) is 9.19. The van der Waals surface area contributed by atoms with Crippen molar-refractivity contribution in [1.82, 2.24) is 15.5 Å². The molecule has 0 aromatic heterocycles. The van der Waals surface area contributed by atoms with Gasteiger partial charge < -0.3 is 20.3 Å². The van der Waals surface area contributed by atoms with Crippen molar-refractivity contribution in [2.24, 2.45) is 5.92 Å². The molecule has 1 aromatic carbocycles. The number of ether oxygens (including phenoxy) is 1. The normalized spacial score (nSPS) is 14.5. The Morgan fingerprint density at radius 2 is 1.54 bits per heavy atom. The zero-order chi connectivity index (χ0) is 27.1. The Hall–Kier alpha value is -2.57. The maximum absolute atomic E-state index is 14.1. The Labute approximate surface area is 212 Å². The fourth-order valence-corrected chi connectivity index (χ4v) is 4.03. The van der Waals surface area contributed by atoms with Crippen molar-refractivity contribution in [1.29, 1.82) is 0 Å². The first-order valence-electron chi connectivity index (χ1n) is 12.7. The fraction of sp³-hybridized carbons (Fsp3) is 0.679. The van der Waals surface area contributed by atoms with Gasteiger partial charge in [0.1, 0.15) is 17.7 Å². The van der Waals surface area contributed by atoms with Crippen LogP contribution in [0.4, 0.5) is 4.79 Å². The number of rotatable bonds is 9. The Kier molecular flexibility index (Phi) is 10.8. The van der Waals surface area contributed by atoms with E-state index in [1.807, 2.05) is 73.6 Å². The summed E-state index contributed by atoms with van der Waals surface area (Å²) < 4.78 is 5.45. The molecule has 3 amide bonds. The molecule has 1 aromatic rings. The molecule has 0 spiro atoms. The quantitative estimate of drug-likeness (QED) is 0.484. The Balaban J connectivity index is 3.60. The van der Waals surface area contributed by atoms with Gasteiger partial charge in [-0.15, -0.1) is 0 Å². The number of alkyl carbamates (subject to hydrolysis) is 1. The van der Waals surface area contributed by atoms with Crippen molar-refractivity contribution in [3.8, 4) is 0 Å². The average Bonchev–Trinajstić information content (AvgIpc) is 2.70. The van der Waals surface area contributed by atoms with Crippen LogP contribution in [0.1, 0.15) is 97.9 Å². The number of carbonyl (C=O) groups is 3. The molecule has 1 rings (SSSR count). The van der Waals surface area contributed by atoms with E-state index in [4.69, 9.17) is 4.74 Å². The van der Waals surface area contributed by atoms with Crippen LogP contribution in [0.3, 0.4) is 0 Å². The van der Waals surface area contributed by atoms with Crippen LogP contribution >= 0.6 is 0 Å². The summed E-state index contributed by atoms with van der Waals surface area (Å²) in [7, 11) is 0. The first-order chi connectivity index (χ1) is 16.0. The SMILES string of the molecule is CCCN(C(=O)C(NC(=O)OC(C)(C)C)C(C)CC)C(C(=O)NC(C)(C)C)c1c(C)cccc1C. The molecule has 0 radical (unpaired) electrons. The van der Waals surface area contributed by atoms with Crippen molar-refractivity contribution in [2.45, 2.75) is 112 Å². The van der Waals surface area contributed by atoms with Gasteiger partial charge in [0, 0.05) is 12.1 Å². The monoisotopic (exact) mass is 489 g/mol. The van der Waals surface area contributed by atoms with Crippen molar-refractivity contribution in [3.63, 3.8) is 0 Å². The van der Waals surface area contributed by atoms with Crippen LogP contribution in [0.15, 0.2) is 18.2 Å². The van der Waals surface area contributed by atoms with E-state index in [9.17, 15) is 14.4 Å². The summed E-state index contributed by atoms with van der Waals surface area (Å²) >= 11 is 0. The third-order valence-electron chi connectivity index (χ3n) is 5.77. The van der Waals surface area contributed by atoms with E-state index in [1.165, 1.54) is 0 Å². The van der Waals surface area contributed by atoms with Crippen LogP contribution in [0.5, 0.6) is 0 Å². The standard InChI is InChI=1S/C28H47N3O4/c1-12-17-31(25(33)22(18(3)13-2)29-26(34)35-28(9,10)11)23(24(32)30-27(6,7)8)21-19(4)15-14-16-20(21)5/h14-16,18,22-23H,12-13,17H2,1-11H3,(H,29,34)(H,30,32). The number of aryl methyl sites for hydroxylation is 2. The van der Waals surface area contributed by atoms with Gasteiger partial charge in [-0.05, 0) is 84.4 Å². The minimum Gasteiger partial charge on any atom is -0.444 e. The third-order valence-corrected chi connectivity index (χ3v) is 5.77.